The normalized spacial score (nSPS) is 12.1. The van der Waals surface area contributed by atoms with Crippen LogP contribution in [0.2, 0.25) is 0 Å². The monoisotopic (exact) mass is 388 g/mol. The zero-order valence-electron chi connectivity index (χ0n) is 12.8. The van der Waals surface area contributed by atoms with Crippen molar-refractivity contribution in [1.82, 2.24) is 10.3 Å². The van der Waals surface area contributed by atoms with Crippen LogP contribution in [0.1, 0.15) is 28.9 Å². The predicted octanol–water partition coefficient (Wildman–Crippen LogP) is 3.92. The van der Waals surface area contributed by atoms with Crippen LogP contribution in [-0.2, 0) is 0 Å². The van der Waals surface area contributed by atoms with Crippen LogP contribution in [0.4, 0.5) is 4.39 Å². The minimum Gasteiger partial charge on any atom is -0.345 e. The first-order chi connectivity index (χ1) is 11.4. The van der Waals surface area contributed by atoms with E-state index in [1.165, 1.54) is 18.2 Å². The summed E-state index contributed by atoms with van der Waals surface area (Å²) >= 11 is 3.37. The van der Waals surface area contributed by atoms with Crippen LogP contribution in [0.25, 0.3) is 10.9 Å². The fourth-order valence-electron chi connectivity index (χ4n) is 2.52. The SMILES string of the molecule is CC(NC(=O)c1cc(=O)[nH]c2ccc(Br)cc12)c1ccc(F)cc1. The zero-order chi connectivity index (χ0) is 17.3. The van der Waals surface area contributed by atoms with Gasteiger partial charge in [-0.2, -0.15) is 0 Å². The molecule has 24 heavy (non-hydrogen) atoms. The molecule has 1 amide bonds. The van der Waals surface area contributed by atoms with E-state index in [2.05, 4.69) is 26.2 Å². The average Bonchev–Trinajstić information content (AvgIpc) is 2.55. The summed E-state index contributed by atoms with van der Waals surface area (Å²) in [7, 11) is 0. The van der Waals surface area contributed by atoms with Crippen molar-refractivity contribution in [3.05, 3.63) is 80.3 Å². The third-order valence-electron chi connectivity index (χ3n) is 3.77. The number of carbonyl (C=O) groups excluding carboxylic acids is 1. The van der Waals surface area contributed by atoms with Gasteiger partial charge < -0.3 is 10.3 Å². The number of pyridine rings is 1. The summed E-state index contributed by atoms with van der Waals surface area (Å²) in [5.74, 6) is -0.691. The van der Waals surface area contributed by atoms with Gasteiger partial charge in [0.2, 0.25) is 5.56 Å². The predicted molar refractivity (Wildman–Crippen MR) is 94.5 cm³/mol. The summed E-state index contributed by atoms with van der Waals surface area (Å²) in [4.78, 5) is 27.1. The van der Waals surface area contributed by atoms with Gasteiger partial charge in [-0.3, -0.25) is 9.59 Å². The molecule has 6 heteroatoms. The minimum atomic E-state index is -0.360. The average molecular weight is 389 g/mol. The molecule has 0 aliphatic rings. The molecular formula is C18H14BrFN2O2. The molecule has 1 atom stereocenters. The molecule has 0 aliphatic carbocycles. The van der Waals surface area contributed by atoms with Crippen LogP contribution in [-0.4, -0.2) is 10.9 Å². The van der Waals surface area contributed by atoms with Gasteiger partial charge in [0.15, 0.2) is 0 Å². The molecule has 122 valence electrons. The number of fused-ring (bicyclic) bond motifs is 1. The van der Waals surface area contributed by atoms with Gasteiger partial charge in [-0.15, -0.1) is 0 Å². The number of carbonyl (C=O) groups is 1. The van der Waals surface area contributed by atoms with E-state index in [1.54, 1.807) is 37.3 Å². The fourth-order valence-corrected chi connectivity index (χ4v) is 2.88. The Bertz CT molecular complexity index is 967. The van der Waals surface area contributed by atoms with E-state index >= 15 is 0 Å². The third kappa shape index (κ3) is 3.38. The number of aromatic nitrogens is 1. The lowest BCUT2D eigenvalue weighted by Gasteiger charge is -2.15. The highest BCUT2D eigenvalue weighted by Gasteiger charge is 2.15. The van der Waals surface area contributed by atoms with E-state index in [1.807, 2.05) is 0 Å². The molecule has 1 unspecified atom stereocenters. The summed E-state index contributed by atoms with van der Waals surface area (Å²) in [5, 5.41) is 3.49. The smallest absolute Gasteiger partial charge is 0.252 e. The van der Waals surface area contributed by atoms with Gasteiger partial charge in [0.25, 0.3) is 5.91 Å². The summed E-state index contributed by atoms with van der Waals surface area (Å²) in [5.41, 5.74) is 1.32. The number of hydrogen-bond donors (Lipinski definition) is 2. The van der Waals surface area contributed by atoms with Crippen LogP contribution >= 0.6 is 15.9 Å². The first kappa shape index (κ1) is 16.4. The topological polar surface area (TPSA) is 62.0 Å². The van der Waals surface area contributed by atoms with Crippen molar-refractivity contribution in [3.63, 3.8) is 0 Å². The second kappa shape index (κ2) is 6.57. The lowest BCUT2D eigenvalue weighted by Crippen LogP contribution is -2.28. The molecule has 1 aromatic heterocycles. The van der Waals surface area contributed by atoms with Crippen molar-refractivity contribution in [1.29, 1.82) is 0 Å². The van der Waals surface area contributed by atoms with Gasteiger partial charge in [0.1, 0.15) is 5.82 Å². The molecule has 3 aromatic rings. The van der Waals surface area contributed by atoms with E-state index in [9.17, 15) is 14.0 Å². The molecule has 0 radical (unpaired) electrons. The highest BCUT2D eigenvalue weighted by Crippen LogP contribution is 2.21. The van der Waals surface area contributed by atoms with Crippen LogP contribution in [0, 0.1) is 5.82 Å². The van der Waals surface area contributed by atoms with Crippen molar-refractivity contribution in [3.8, 4) is 0 Å². The molecule has 3 rings (SSSR count). The molecule has 0 spiro atoms. The van der Waals surface area contributed by atoms with E-state index in [0.717, 1.165) is 10.0 Å². The largest absolute Gasteiger partial charge is 0.345 e. The summed E-state index contributed by atoms with van der Waals surface area (Å²) < 4.78 is 13.8. The number of hydrogen-bond acceptors (Lipinski definition) is 2. The Morgan fingerprint density at radius 1 is 1.17 bits per heavy atom. The Morgan fingerprint density at radius 3 is 2.58 bits per heavy atom. The molecule has 2 aromatic carbocycles. The van der Waals surface area contributed by atoms with Crippen molar-refractivity contribution in [2.75, 3.05) is 0 Å². The van der Waals surface area contributed by atoms with Gasteiger partial charge in [0.05, 0.1) is 11.6 Å². The zero-order valence-corrected chi connectivity index (χ0v) is 14.4. The molecule has 0 aliphatic heterocycles. The molecule has 0 saturated carbocycles. The van der Waals surface area contributed by atoms with Crippen LogP contribution in [0.3, 0.4) is 0 Å². The Balaban J connectivity index is 1.95. The molecule has 0 fully saturated rings. The Morgan fingerprint density at radius 2 is 1.88 bits per heavy atom. The van der Waals surface area contributed by atoms with Gasteiger partial charge in [-0.25, -0.2) is 4.39 Å². The number of rotatable bonds is 3. The summed E-state index contributed by atoms with van der Waals surface area (Å²) in [6.07, 6.45) is 0. The van der Waals surface area contributed by atoms with Gasteiger partial charge in [-0.1, -0.05) is 28.1 Å². The number of aromatic amines is 1. The molecule has 2 N–H and O–H groups in total. The van der Waals surface area contributed by atoms with Crippen molar-refractivity contribution in [2.45, 2.75) is 13.0 Å². The lowest BCUT2D eigenvalue weighted by atomic mass is 10.1. The van der Waals surface area contributed by atoms with Gasteiger partial charge >= 0.3 is 0 Å². The number of benzene rings is 2. The van der Waals surface area contributed by atoms with E-state index < -0.39 is 0 Å². The molecule has 0 bridgehead atoms. The Labute approximate surface area is 145 Å². The van der Waals surface area contributed by atoms with E-state index in [0.29, 0.717) is 16.5 Å². The van der Waals surface area contributed by atoms with Crippen LogP contribution in [0.5, 0.6) is 0 Å². The minimum absolute atomic E-state index is 0.295. The summed E-state index contributed by atoms with van der Waals surface area (Å²) in [6, 6.07) is 12.2. The summed E-state index contributed by atoms with van der Waals surface area (Å²) in [6.45, 7) is 1.80. The van der Waals surface area contributed by atoms with E-state index in [-0.39, 0.29) is 23.3 Å². The fraction of sp³-hybridized carbons (Fsp3) is 0.111. The van der Waals surface area contributed by atoms with Crippen molar-refractivity contribution >= 4 is 32.7 Å². The first-order valence-corrected chi connectivity index (χ1v) is 8.12. The lowest BCUT2D eigenvalue weighted by molar-refractivity contribution is 0.0941. The third-order valence-corrected chi connectivity index (χ3v) is 4.26. The highest BCUT2D eigenvalue weighted by molar-refractivity contribution is 9.10. The standard InChI is InChI=1S/C18H14BrFN2O2/c1-10(11-2-5-13(20)6-3-11)21-18(24)15-9-17(23)22-16-7-4-12(19)8-14(15)16/h2-10H,1H3,(H,21,24)(H,22,23). The van der Waals surface area contributed by atoms with Crippen LogP contribution in [0.15, 0.2) is 57.8 Å². The maximum atomic E-state index is 13.0. The van der Waals surface area contributed by atoms with Crippen LogP contribution < -0.4 is 10.9 Å². The second-order valence-electron chi connectivity index (χ2n) is 5.48. The Kier molecular flexibility index (Phi) is 4.49. The van der Waals surface area contributed by atoms with Gasteiger partial charge in [0, 0.05) is 21.4 Å². The molecule has 0 saturated heterocycles. The first-order valence-electron chi connectivity index (χ1n) is 7.33. The van der Waals surface area contributed by atoms with E-state index in [4.69, 9.17) is 0 Å². The molecule has 1 heterocycles. The molecule has 4 nitrogen and oxygen atoms in total. The quantitative estimate of drug-likeness (QED) is 0.713. The number of halogens is 2. The number of H-pyrrole nitrogens is 1. The Hall–Kier alpha value is -2.47. The molecular weight excluding hydrogens is 375 g/mol. The number of amides is 1. The van der Waals surface area contributed by atoms with Crippen molar-refractivity contribution < 1.29 is 9.18 Å². The van der Waals surface area contributed by atoms with Crippen molar-refractivity contribution in [2.24, 2.45) is 0 Å². The second-order valence-corrected chi connectivity index (χ2v) is 6.40. The van der Waals surface area contributed by atoms with Gasteiger partial charge in [-0.05, 0) is 42.8 Å². The maximum absolute atomic E-state index is 13.0. The highest BCUT2D eigenvalue weighted by atomic mass is 79.9. The maximum Gasteiger partial charge on any atom is 0.252 e. The number of nitrogens with one attached hydrogen (secondary N) is 2.